The number of aryl methyl sites for hydroxylation is 2. The fourth-order valence-electron chi connectivity index (χ4n) is 3.17. The molecule has 0 saturated heterocycles. The van der Waals surface area contributed by atoms with E-state index < -0.39 is 0 Å². The zero-order valence-corrected chi connectivity index (χ0v) is 15.4. The van der Waals surface area contributed by atoms with Crippen LogP contribution in [0.15, 0.2) is 30.7 Å². The fraction of sp³-hybridized carbons (Fsp3) is 0.450. The molecule has 0 spiro atoms. The predicted octanol–water partition coefficient (Wildman–Crippen LogP) is 4.58. The zero-order valence-electron chi connectivity index (χ0n) is 15.4. The molecule has 5 nitrogen and oxygen atoms in total. The van der Waals surface area contributed by atoms with Crippen molar-refractivity contribution >= 4 is 16.9 Å². The summed E-state index contributed by atoms with van der Waals surface area (Å²) in [5, 5.41) is 9.18. The largest absolute Gasteiger partial charge is 0.368 e. The Morgan fingerprint density at radius 3 is 2.80 bits per heavy atom. The Kier molecular flexibility index (Phi) is 5.64. The van der Waals surface area contributed by atoms with Gasteiger partial charge in [0.05, 0.1) is 5.39 Å². The lowest BCUT2D eigenvalue weighted by Gasteiger charge is -2.08. The number of pyridine rings is 2. The second-order valence-corrected chi connectivity index (χ2v) is 6.44. The summed E-state index contributed by atoms with van der Waals surface area (Å²) in [7, 11) is 1.95. The molecule has 0 radical (unpaired) electrons. The summed E-state index contributed by atoms with van der Waals surface area (Å²) in [5.41, 5.74) is 4.46. The average molecular weight is 337 g/mol. The quantitative estimate of drug-likeness (QED) is 0.611. The lowest BCUT2D eigenvalue weighted by Crippen LogP contribution is -2.02. The maximum absolute atomic E-state index is 4.65. The van der Waals surface area contributed by atoms with Crippen LogP contribution in [0.1, 0.15) is 45.1 Å². The molecule has 0 atom stereocenters. The van der Waals surface area contributed by atoms with E-state index in [0.29, 0.717) is 0 Å². The van der Waals surface area contributed by atoms with Crippen molar-refractivity contribution in [2.45, 2.75) is 46.0 Å². The van der Waals surface area contributed by atoms with Crippen LogP contribution in [0.3, 0.4) is 0 Å². The van der Waals surface area contributed by atoms with Crippen LogP contribution >= 0.6 is 0 Å². The summed E-state index contributed by atoms with van der Waals surface area (Å²) >= 11 is 0. The van der Waals surface area contributed by atoms with Gasteiger partial charge in [0, 0.05) is 37.7 Å². The highest BCUT2D eigenvalue weighted by Crippen LogP contribution is 2.29. The smallest absolute Gasteiger partial charge is 0.159 e. The Balaban J connectivity index is 1.89. The van der Waals surface area contributed by atoms with Gasteiger partial charge in [0.25, 0.3) is 0 Å². The molecule has 0 aliphatic heterocycles. The zero-order chi connectivity index (χ0) is 17.6. The summed E-state index contributed by atoms with van der Waals surface area (Å²) in [6.07, 6.45) is 11.6. The van der Waals surface area contributed by atoms with E-state index >= 15 is 0 Å². The van der Waals surface area contributed by atoms with Crippen molar-refractivity contribution in [2.24, 2.45) is 7.05 Å². The fourth-order valence-corrected chi connectivity index (χ4v) is 3.17. The minimum Gasteiger partial charge on any atom is -0.368 e. The summed E-state index contributed by atoms with van der Waals surface area (Å²) in [6, 6.07) is 4.26. The molecular formula is C20H27N5. The monoisotopic (exact) mass is 337 g/mol. The van der Waals surface area contributed by atoms with Crippen LogP contribution in [0.25, 0.3) is 22.2 Å². The molecule has 5 heteroatoms. The van der Waals surface area contributed by atoms with E-state index in [0.717, 1.165) is 35.4 Å². The number of hydrogen-bond donors (Lipinski definition) is 1. The van der Waals surface area contributed by atoms with Crippen molar-refractivity contribution in [3.63, 3.8) is 0 Å². The maximum Gasteiger partial charge on any atom is 0.159 e. The Morgan fingerprint density at radius 2 is 2.00 bits per heavy atom. The number of nitrogens with zero attached hydrogens (tertiary/aromatic N) is 4. The number of fused-ring (bicyclic) bond motifs is 1. The summed E-state index contributed by atoms with van der Waals surface area (Å²) in [6.45, 7) is 5.34. The molecule has 0 aromatic carbocycles. The van der Waals surface area contributed by atoms with Crippen LogP contribution < -0.4 is 5.32 Å². The first-order valence-electron chi connectivity index (χ1n) is 9.24. The van der Waals surface area contributed by atoms with Crippen molar-refractivity contribution in [3.05, 3.63) is 36.3 Å². The lowest BCUT2D eigenvalue weighted by atomic mass is 10.0. The third-order valence-corrected chi connectivity index (χ3v) is 4.60. The molecule has 25 heavy (non-hydrogen) atoms. The number of nitrogens with one attached hydrogen (secondary N) is 1. The number of anilines is 1. The van der Waals surface area contributed by atoms with Crippen molar-refractivity contribution in [3.8, 4) is 11.1 Å². The Morgan fingerprint density at radius 1 is 1.12 bits per heavy atom. The van der Waals surface area contributed by atoms with Crippen LogP contribution in [-0.4, -0.2) is 26.3 Å². The number of rotatable bonds is 8. The Hall–Kier alpha value is -2.43. The second kappa shape index (κ2) is 8.10. The number of unbranched alkanes of at least 4 members (excludes halogenated alkanes) is 3. The Bertz CT molecular complexity index is 837. The molecule has 0 unspecified atom stereocenters. The molecule has 0 bridgehead atoms. The normalized spacial score (nSPS) is 11.2. The van der Waals surface area contributed by atoms with Gasteiger partial charge in [-0.1, -0.05) is 33.1 Å². The highest BCUT2D eigenvalue weighted by Gasteiger charge is 2.12. The highest BCUT2D eigenvalue weighted by atomic mass is 15.3. The summed E-state index contributed by atoms with van der Waals surface area (Å²) < 4.78 is 1.85. The molecule has 0 saturated carbocycles. The van der Waals surface area contributed by atoms with Gasteiger partial charge >= 0.3 is 0 Å². The van der Waals surface area contributed by atoms with Crippen molar-refractivity contribution < 1.29 is 0 Å². The van der Waals surface area contributed by atoms with Gasteiger partial charge in [0.15, 0.2) is 11.5 Å². The molecule has 0 fully saturated rings. The van der Waals surface area contributed by atoms with Gasteiger partial charge < -0.3 is 5.32 Å². The van der Waals surface area contributed by atoms with Crippen molar-refractivity contribution in [1.82, 2.24) is 19.7 Å². The van der Waals surface area contributed by atoms with Crippen LogP contribution in [0, 0.1) is 0 Å². The van der Waals surface area contributed by atoms with Crippen LogP contribution in [0.4, 0.5) is 5.82 Å². The first-order valence-corrected chi connectivity index (χ1v) is 9.24. The lowest BCUT2D eigenvalue weighted by molar-refractivity contribution is 0.683. The van der Waals surface area contributed by atoms with E-state index in [1.54, 1.807) is 0 Å². The van der Waals surface area contributed by atoms with E-state index in [9.17, 15) is 0 Å². The Labute approximate surface area is 149 Å². The van der Waals surface area contributed by atoms with Crippen molar-refractivity contribution in [2.75, 3.05) is 11.9 Å². The number of hydrogen-bond acceptors (Lipinski definition) is 4. The molecule has 132 valence electrons. The van der Waals surface area contributed by atoms with Crippen LogP contribution in [0.5, 0.6) is 0 Å². The van der Waals surface area contributed by atoms with E-state index in [1.165, 1.54) is 36.8 Å². The minimum atomic E-state index is 0.909. The summed E-state index contributed by atoms with van der Waals surface area (Å²) in [5.74, 6) is 0.926. The molecule has 0 aliphatic carbocycles. The van der Waals surface area contributed by atoms with Gasteiger partial charge in [-0.05, 0) is 36.1 Å². The SMILES string of the molecule is CCCCCCNc1nn(C)c2ncc(-c3ccncc3CC)cc12. The van der Waals surface area contributed by atoms with E-state index in [-0.39, 0.29) is 0 Å². The third-order valence-electron chi connectivity index (χ3n) is 4.60. The number of aromatic nitrogens is 4. The molecular weight excluding hydrogens is 310 g/mol. The molecule has 3 rings (SSSR count). The van der Waals surface area contributed by atoms with Gasteiger partial charge in [-0.15, -0.1) is 0 Å². The molecule has 1 N–H and O–H groups in total. The predicted molar refractivity (Wildman–Crippen MR) is 104 cm³/mol. The molecule has 3 aromatic heterocycles. The topological polar surface area (TPSA) is 55.6 Å². The van der Waals surface area contributed by atoms with E-state index in [1.807, 2.05) is 30.3 Å². The first kappa shape index (κ1) is 17.4. The van der Waals surface area contributed by atoms with Gasteiger partial charge in [-0.25, -0.2) is 9.67 Å². The summed E-state index contributed by atoms with van der Waals surface area (Å²) in [4.78, 5) is 8.89. The first-order chi connectivity index (χ1) is 12.2. The van der Waals surface area contributed by atoms with Crippen LogP contribution in [-0.2, 0) is 13.5 Å². The molecule has 0 amide bonds. The van der Waals surface area contributed by atoms with Gasteiger partial charge in [0.1, 0.15) is 0 Å². The third kappa shape index (κ3) is 3.81. The second-order valence-electron chi connectivity index (χ2n) is 6.44. The highest BCUT2D eigenvalue weighted by molar-refractivity contribution is 5.91. The van der Waals surface area contributed by atoms with Gasteiger partial charge in [-0.3, -0.25) is 4.98 Å². The van der Waals surface area contributed by atoms with Gasteiger partial charge in [0.2, 0.25) is 0 Å². The average Bonchev–Trinajstić information content (AvgIpc) is 2.97. The van der Waals surface area contributed by atoms with E-state index in [2.05, 4.69) is 46.4 Å². The minimum absolute atomic E-state index is 0.909. The van der Waals surface area contributed by atoms with Crippen molar-refractivity contribution in [1.29, 1.82) is 0 Å². The molecule has 3 heterocycles. The van der Waals surface area contributed by atoms with E-state index in [4.69, 9.17) is 0 Å². The molecule has 0 aliphatic rings. The van der Waals surface area contributed by atoms with Gasteiger partial charge in [-0.2, -0.15) is 5.10 Å². The standard InChI is InChI=1S/C20H27N5/c1-4-6-7-8-10-22-19-18-12-16(14-23-20(18)25(3)24-19)17-9-11-21-13-15(17)5-2/h9,11-14H,4-8,10H2,1-3H3,(H,22,24). The van der Waals surface area contributed by atoms with Crippen LogP contribution in [0.2, 0.25) is 0 Å². The maximum atomic E-state index is 4.65. The molecule has 3 aromatic rings.